The van der Waals surface area contributed by atoms with Gasteiger partial charge in [0.25, 0.3) is 0 Å². The fourth-order valence-corrected chi connectivity index (χ4v) is 4.02. The predicted molar refractivity (Wildman–Crippen MR) is 119 cm³/mol. The van der Waals surface area contributed by atoms with Crippen molar-refractivity contribution in [3.05, 3.63) is 77.4 Å². The topological polar surface area (TPSA) is 35.6 Å². The number of rotatable bonds is 6. The van der Waals surface area contributed by atoms with Gasteiger partial charge in [-0.15, -0.1) is 0 Å². The van der Waals surface area contributed by atoms with Gasteiger partial charge in [-0.05, 0) is 30.9 Å². The molecule has 2 aromatic rings. The molecule has 2 aliphatic rings. The van der Waals surface area contributed by atoms with Crippen molar-refractivity contribution in [2.75, 3.05) is 39.3 Å². The maximum atomic E-state index is 12.6. The number of nitrogens with one attached hydrogen (secondary N) is 1. The standard InChI is InChI=1S/C25H31N3O/c1-21-9-11-23(12-10-21)25(13-14-25)20-26-24(29)28-18-16-27(17-19-28)15-5-8-22-6-3-2-4-7-22/h2-12H,13-20H2,1H3,(H,26,29)/b8-5+. The van der Waals surface area contributed by atoms with Crippen LogP contribution in [0.15, 0.2) is 60.7 Å². The monoisotopic (exact) mass is 389 g/mol. The molecule has 1 saturated heterocycles. The Kier molecular flexibility index (Phi) is 6.00. The smallest absolute Gasteiger partial charge is 0.317 e. The van der Waals surface area contributed by atoms with Gasteiger partial charge < -0.3 is 10.2 Å². The summed E-state index contributed by atoms with van der Waals surface area (Å²) in [5.74, 6) is 0. The molecule has 1 N–H and O–H groups in total. The van der Waals surface area contributed by atoms with E-state index in [-0.39, 0.29) is 11.4 Å². The van der Waals surface area contributed by atoms with Gasteiger partial charge in [-0.2, -0.15) is 0 Å². The third kappa shape index (κ3) is 5.07. The lowest BCUT2D eigenvalue weighted by Gasteiger charge is -2.34. The number of piperazine rings is 1. The average molecular weight is 390 g/mol. The molecule has 0 spiro atoms. The number of carbonyl (C=O) groups excluding carboxylic acids is 1. The molecule has 4 nitrogen and oxygen atoms in total. The number of amides is 2. The van der Waals surface area contributed by atoms with Crippen molar-refractivity contribution in [2.24, 2.45) is 0 Å². The number of hydrogen-bond acceptors (Lipinski definition) is 2. The van der Waals surface area contributed by atoms with E-state index in [1.165, 1.54) is 16.7 Å². The molecule has 1 aliphatic heterocycles. The van der Waals surface area contributed by atoms with E-state index in [0.717, 1.165) is 52.1 Å². The Morgan fingerprint density at radius 1 is 1.00 bits per heavy atom. The molecule has 0 radical (unpaired) electrons. The van der Waals surface area contributed by atoms with E-state index in [1.54, 1.807) is 0 Å². The van der Waals surface area contributed by atoms with E-state index in [2.05, 4.69) is 77.8 Å². The summed E-state index contributed by atoms with van der Waals surface area (Å²) in [6.45, 7) is 7.23. The van der Waals surface area contributed by atoms with Gasteiger partial charge in [-0.3, -0.25) is 4.90 Å². The zero-order valence-corrected chi connectivity index (χ0v) is 17.3. The quantitative estimate of drug-likeness (QED) is 0.808. The molecule has 1 saturated carbocycles. The van der Waals surface area contributed by atoms with Gasteiger partial charge in [0.1, 0.15) is 0 Å². The third-order valence-electron chi connectivity index (χ3n) is 6.23. The highest BCUT2D eigenvalue weighted by atomic mass is 16.2. The summed E-state index contributed by atoms with van der Waals surface area (Å²) in [6.07, 6.45) is 6.71. The van der Waals surface area contributed by atoms with Crippen molar-refractivity contribution in [3.63, 3.8) is 0 Å². The second-order valence-corrected chi connectivity index (χ2v) is 8.41. The summed E-state index contributed by atoms with van der Waals surface area (Å²) in [7, 11) is 0. The number of nitrogens with zero attached hydrogens (tertiary/aromatic N) is 2. The van der Waals surface area contributed by atoms with Crippen LogP contribution < -0.4 is 5.32 Å². The molecule has 1 heterocycles. The number of aryl methyl sites for hydroxylation is 1. The van der Waals surface area contributed by atoms with Crippen molar-refractivity contribution in [2.45, 2.75) is 25.2 Å². The Hall–Kier alpha value is -2.59. The van der Waals surface area contributed by atoms with Gasteiger partial charge in [-0.1, -0.05) is 72.3 Å². The minimum atomic E-state index is 0.0860. The van der Waals surface area contributed by atoms with Gasteiger partial charge in [0.05, 0.1) is 0 Å². The van der Waals surface area contributed by atoms with Crippen LogP contribution in [-0.2, 0) is 5.41 Å². The van der Waals surface area contributed by atoms with Crippen molar-refractivity contribution in [3.8, 4) is 0 Å². The van der Waals surface area contributed by atoms with Crippen LogP contribution in [0.3, 0.4) is 0 Å². The van der Waals surface area contributed by atoms with Crippen molar-refractivity contribution in [1.82, 2.24) is 15.1 Å². The van der Waals surface area contributed by atoms with Crippen molar-refractivity contribution < 1.29 is 4.79 Å². The molecule has 4 heteroatoms. The zero-order valence-electron chi connectivity index (χ0n) is 17.3. The maximum Gasteiger partial charge on any atom is 0.317 e. The SMILES string of the molecule is Cc1ccc(C2(CNC(=O)N3CCN(C/C=C/c4ccccc4)CC3)CC2)cc1. The molecule has 152 valence electrons. The van der Waals surface area contributed by atoms with Crippen LogP contribution in [0.4, 0.5) is 4.79 Å². The fourth-order valence-electron chi connectivity index (χ4n) is 4.02. The summed E-state index contributed by atoms with van der Waals surface area (Å²) in [6, 6.07) is 19.2. The summed E-state index contributed by atoms with van der Waals surface area (Å²) >= 11 is 0. The number of urea groups is 1. The van der Waals surface area contributed by atoms with Crippen LogP contribution in [-0.4, -0.2) is 55.1 Å². The van der Waals surface area contributed by atoms with Crippen molar-refractivity contribution >= 4 is 12.1 Å². The third-order valence-corrected chi connectivity index (χ3v) is 6.23. The Morgan fingerprint density at radius 3 is 2.34 bits per heavy atom. The second kappa shape index (κ2) is 8.83. The lowest BCUT2D eigenvalue weighted by molar-refractivity contribution is 0.146. The van der Waals surface area contributed by atoms with E-state index >= 15 is 0 Å². The van der Waals surface area contributed by atoms with Crippen LogP contribution in [0.25, 0.3) is 6.08 Å². The predicted octanol–water partition coefficient (Wildman–Crippen LogP) is 4.07. The molecule has 2 fully saturated rings. The van der Waals surface area contributed by atoms with Crippen molar-refractivity contribution in [1.29, 1.82) is 0 Å². The molecule has 2 aromatic carbocycles. The summed E-state index contributed by atoms with van der Waals surface area (Å²) in [4.78, 5) is 17.0. The lowest BCUT2D eigenvalue weighted by atomic mass is 9.95. The van der Waals surface area contributed by atoms with Gasteiger partial charge in [0.15, 0.2) is 0 Å². The van der Waals surface area contributed by atoms with Gasteiger partial charge in [0.2, 0.25) is 0 Å². The molecule has 0 aromatic heterocycles. The molecule has 2 amide bonds. The largest absolute Gasteiger partial charge is 0.337 e. The first-order valence-electron chi connectivity index (χ1n) is 10.7. The van der Waals surface area contributed by atoms with Crippen LogP contribution >= 0.6 is 0 Å². The van der Waals surface area contributed by atoms with E-state index in [0.29, 0.717) is 0 Å². The Bertz CT molecular complexity index is 832. The van der Waals surface area contributed by atoms with Crippen LogP contribution in [0, 0.1) is 6.92 Å². The number of carbonyl (C=O) groups is 1. The Labute approximate surface area is 174 Å². The molecule has 29 heavy (non-hydrogen) atoms. The van der Waals surface area contributed by atoms with Gasteiger partial charge in [-0.25, -0.2) is 4.79 Å². The Balaban J connectivity index is 1.20. The summed E-state index contributed by atoms with van der Waals surface area (Å²) in [5, 5.41) is 3.20. The molecule has 0 atom stereocenters. The first-order valence-corrected chi connectivity index (χ1v) is 10.7. The molecule has 0 bridgehead atoms. The van der Waals surface area contributed by atoms with Gasteiger partial charge >= 0.3 is 6.03 Å². The average Bonchev–Trinajstić information content (AvgIpc) is 3.55. The first kappa shape index (κ1) is 19.7. The molecular formula is C25H31N3O. The van der Waals surface area contributed by atoms with E-state index in [4.69, 9.17) is 0 Å². The molecule has 1 aliphatic carbocycles. The highest BCUT2D eigenvalue weighted by Gasteiger charge is 2.44. The van der Waals surface area contributed by atoms with E-state index in [1.807, 2.05) is 11.0 Å². The van der Waals surface area contributed by atoms with E-state index in [9.17, 15) is 4.79 Å². The minimum absolute atomic E-state index is 0.0860. The van der Waals surface area contributed by atoms with Crippen LogP contribution in [0.1, 0.15) is 29.5 Å². The number of benzene rings is 2. The van der Waals surface area contributed by atoms with E-state index < -0.39 is 0 Å². The minimum Gasteiger partial charge on any atom is -0.337 e. The maximum absolute atomic E-state index is 12.6. The highest BCUT2D eigenvalue weighted by molar-refractivity contribution is 5.74. The fraction of sp³-hybridized carbons (Fsp3) is 0.400. The normalized spacial score (nSPS) is 18.7. The lowest BCUT2D eigenvalue weighted by Crippen LogP contribution is -2.52. The molecule has 0 unspecified atom stereocenters. The Morgan fingerprint density at radius 2 is 1.69 bits per heavy atom. The first-order chi connectivity index (χ1) is 14.1. The zero-order chi connectivity index (χ0) is 20.1. The summed E-state index contributed by atoms with van der Waals surface area (Å²) < 4.78 is 0. The van der Waals surface area contributed by atoms with Crippen LogP contribution in [0.5, 0.6) is 0 Å². The second-order valence-electron chi connectivity index (χ2n) is 8.41. The highest BCUT2D eigenvalue weighted by Crippen LogP contribution is 2.47. The van der Waals surface area contributed by atoms with Gasteiger partial charge in [0, 0.05) is 44.7 Å². The molecule has 4 rings (SSSR count). The summed E-state index contributed by atoms with van der Waals surface area (Å²) in [5.41, 5.74) is 4.03. The molecular weight excluding hydrogens is 358 g/mol. The number of hydrogen-bond donors (Lipinski definition) is 1. The van der Waals surface area contributed by atoms with Crippen LogP contribution in [0.2, 0.25) is 0 Å².